The Morgan fingerprint density at radius 2 is 2.05 bits per heavy atom. The number of hydrogen-bond donors (Lipinski definition) is 1. The summed E-state index contributed by atoms with van der Waals surface area (Å²) in [5.41, 5.74) is 9.30. The summed E-state index contributed by atoms with van der Waals surface area (Å²) in [5, 5.41) is 0. The van der Waals surface area contributed by atoms with Crippen LogP contribution in [0.25, 0.3) is 0 Å². The zero-order valence-corrected chi connectivity index (χ0v) is 12.7. The molecule has 0 spiro atoms. The van der Waals surface area contributed by atoms with E-state index >= 15 is 0 Å². The molecule has 19 heavy (non-hydrogen) atoms. The highest BCUT2D eigenvalue weighted by Crippen LogP contribution is 2.40. The van der Waals surface area contributed by atoms with Gasteiger partial charge in [0, 0.05) is 19.1 Å². The fraction of sp³-hybridized carbons (Fsp3) is 0.647. The van der Waals surface area contributed by atoms with Gasteiger partial charge in [0.15, 0.2) is 0 Å². The minimum absolute atomic E-state index is 0.389. The van der Waals surface area contributed by atoms with Crippen molar-refractivity contribution in [2.24, 2.45) is 11.1 Å². The van der Waals surface area contributed by atoms with Gasteiger partial charge in [-0.05, 0) is 43.7 Å². The van der Waals surface area contributed by atoms with Crippen LogP contribution >= 0.6 is 0 Å². The molecule has 2 N–H and O–H groups in total. The lowest BCUT2D eigenvalue weighted by Crippen LogP contribution is -2.34. The predicted octanol–water partition coefficient (Wildman–Crippen LogP) is 3.51. The molecule has 0 saturated carbocycles. The van der Waals surface area contributed by atoms with Crippen molar-refractivity contribution in [1.82, 2.24) is 4.90 Å². The third-order valence-corrected chi connectivity index (χ3v) is 5.06. The molecule has 1 aromatic rings. The van der Waals surface area contributed by atoms with Crippen LogP contribution in [0.5, 0.6) is 0 Å². The van der Waals surface area contributed by atoms with E-state index in [0.717, 1.165) is 0 Å². The Bertz CT molecular complexity index is 409. The van der Waals surface area contributed by atoms with Gasteiger partial charge in [0.25, 0.3) is 0 Å². The number of nitrogens with two attached hydrogens (primary N) is 1. The molecule has 0 amide bonds. The molecule has 1 aliphatic heterocycles. The zero-order valence-electron chi connectivity index (χ0n) is 12.7. The Kier molecular flexibility index (Phi) is 4.64. The number of aryl methyl sites for hydroxylation is 1. The van der Waals surface area contributed by atoms with Crippen LogP contribution in [0.15, 0.2) is 24.3 Å². The molecule has 1 unspecified atom stereocenters. The van der Waals surface area contributed by atoms with Crippen molar-refractivity contribution in [3.05, 3.63) is 35.4 Å². The van der Waals surface area contributed by atoms with Crippen molar-refractivity contribution in [3.8, 4) is 0 Å². The molecule has 2 rings (SSSR count). The van der Waals surface area contributed by atoms with Gasteiger partial charge in [-0.1, -0.05) is 43.7 Å². The highest BCUT2D eigenvalue weighted by Gasteiger charge is 2.37. The molecule has 2 heteroatoms. The first kappa shape index (κ1) is 14.5. The molecule has 0 aromatic heterocycles. The first-order valence-electron chi connectivity index (χ1n) is 7.65. The monoisotopic (exact) mass is 260 g/mol. The maximum absolute atomic E-state index is 6.06. The second kappa shape index (κ2) is 6.06. The third-order valence-electron chi connectivity index (χ3n) is 5.06. The fourth-order valence-corrected chi connectivity index (χ4v) is 3.44. The molecule has 0 bridgehead atoms. The van der Waals surface area contributed by atoms with Gasteiger partial charge >= 0.3 is 0 Å². The molecule has 1 aromatic carbocycles. The molecule has 106 valence electrons. The van der Waals surface area contributed by atoms with Crippen LogP contribution in [0.3, 0.4) is 0 Å². The Morgan fingerprint density at radius 1 is 1.32 bits per heavy atom. The zero-order chi connectivity index (χ0) is 13.9. The van der Waals surface area contributed by atoms with Gasteiger partial charge in [-0.15, -0.1) is 0 Å². The molecular formula is C17H28N2. The van der Waals surface area contributed by atoms with Crippen LogP contribution in [0, 0.1) is 12.3 Å². The number of likely N-dealkylation sites (tertiary alicyclic amines) is 1. The quantitative estimate of drug-likeness (QED) is 0.878. The van der Waals surface area contributed by atoms with Crippen LogP contribution in [0.4, 0.5) is 0 Å². The Hall–Kier alpha value is -0.860. The van der Waals surface area contributed by atoms with E-state index in [0.29, 0.717) is 18.0 Å². The molecule has 1 saturated heterocycles. The van der Waals surface area contributed by atoms with Gasteiger partial charge in [0.2, 0.25) is 0 Å². The number of nitrogens with zero attached hydrogens (tertiary/aromatic N) is 1. The van der Waals surface area contributed by atoms with Gasteiger partial charge in [0.05, 0.1) is 0 Å². The Morgan fingerprint density at radius 3 is 2.58 bits per heavy atom. The Balaban J connectivity index is 2.16. The lowest BCUT2D eigenvalue weighted by Gasteiger charge is -2.31. The van der Waals surface area contributed by atoms with Crippen LogP contribution in [-0.2, 0) is 0 Å². The van der Waals surface area contributed by atoms with Crippen molar-refractivity contribution in [1.29, 1.82) is 0 Å². The van der Waals surface area contributed by atoms with Gasteiger partial charge < -0.3 is 5.73 Å². The molecule has 2 nitrogen and oxygen atoms in total. The molecule has 0 radical (unpaired) electrons. The summed E-state index contributed by atoms with van der Waals surface area (Å²) in [4.78, 5) is 2.60. The average Bonchev–Trinajstić information content (AvgIpc) is 2.85. The van der Waals surface area contributed by atoms with E-state index in [9.17, 15) is 0 Å². The predicted molar refractivity (Wildman–Crippen MR) is 82.2 cm³/mol. The normalized spacial score (nSPS) is 20.6. The first-order valence-corrected chi connectivity index (χ1v) is 7.65. The highest BCUT2D eigenvalue weighted by atomic mass is 15.2. The summed E-state index contributed by atoms with van der Waals surface area (Å²) in [6, 6.07) is 9.21. The fourth-order valence-electron chi connectivity index (χ4n) is 3.44. The number of benzene rings is 1. The minimum atomic E-state index is 0.389. The molecule has 1 aliphatic rings. The first-order chi connectivity index (χ1) is 9.14. The van der Waals surface area contributed by atoms with Crippen molar-refractivity contribution in [2.75, 3.05) is 19.6 Å². The van der Waals surface area contributed by atoms with Crippen molar-refractivity contribution in [2.45, 2.75) is 46.1 Å². The molecular weight excluding hydrogens is 232 g/mol. The largest absolute Gasteiger partial charge is 0.329 e. The summed E-state index contributed by atoms with van der Waals surface area (Å²) in [6.07, 6.45) is 3.89. The van der Waals surface area contributed by atoms with E-state index in [4.69, 9.17) is 5.73 Å². The SMILES string of the molecule is CCC1(CC)CCN(C(CN)c2cccc(C)c2)C1. The number of rotatable bonds is 5. The van der Waals surface area contributed by atoms with Crippen LogP contribution in [-0.4, -0.2) is 24.5 Å². The van der Waals surface area contributed by atoms with Gasteiger partial charge in [-0.25, -0.2) is 0 Å². The van der Waals surface area contributed by atoms with E-state index in [-0.39, 0.29) is 0 Å². The minimum Gasteiger partial charge on any atom is -0.329 e. The summed E-state index contributed by atoms with van der Waals surface area (Å²) in [7, 11) is 0. The summed E-state index contributed by atoms with van der Waals surface area (Å²) in [6.45, 7) is 9.93. The Labute approximate surface area is 118 Å². The van der Waals surface area contributed by atoms with Gasteiger partial charge in [0.1, 0.15) is 0 Å². The van der Waals surface area contributed by atoms with Crippen LogP contribution < -0.4 is 5.73 Å². The van der Waals surface area contributed by atoms with Crippen molar-refractivity contribution in [3.63, 3.8) is 0 Å². The second-order valence-corrected chi connectivity index (χ2v) is 6.09. The number of hydrogen-bond acceptors (Lipinski definition) is 2. The third kappa shape index (κ3) is 3.01. The van der Waals surface area contributed by atoms with E-state index < -0.39 is 0 Å². The lowest BCUT2D eigenvalue weighted by atomic mass is 9.82. The molecule has 1 heterocycles. The van der Waals surface area contributed by atoms with E-state index in [1.165, 1.54) is 43.5 Å². The van der Waals surface area contributed by atoms with E-state index in [1.807, 2.05) is 0 Å². The lowest BCUT2D eigenvalue weighted by molar-refractivity contribution is 0.197. The topological polar surface area (TPSA) is 29.3 Å². The van der Waals surface area contributed by atoms with Crippen molar-refractivity contribution < 1.29 is 0 Å². The van der Waals surface area contributed by atoms with Crippen LogP contribution in [0.1, 0.15) is 50.3 Å². The average molecular weight is 260 g/mol. The molecule has 1 fully saturated rings. The maximum Gasteiger partial charge on any atom is 0.0470 e. The maximum atomic E-state index is 6.06. The summed E-state index contributed by atoms with van der Waals surface area (Å²) >= 11 is 0. The molecule has 0 aliphatic carbocycles. The summed E-state index contributed by atoms with van der Waals surface area (Å²) in [5.74, 6) is 0. The standard InChI is InChI=1S/C17H28N2/c1-4-17(5-2)9-10-19(13-17)16(12-18)15-8-6-7-14(3)11-15/h6-8,11,16H,4-5,9-10,12-13,18H2,1-3H3. The smallest absolute Gasteiger partial charge is 0.0470 e. The second-order valence-electron chi connectivity index (χ2n) is 6.09. The summed E-state index contributed by atoms with van der Waals surface area (Å²) < 4.78 is 0. The van der Waals surface area contributed by atoms with E-state index in [1.54, 1.807) is 0 Å². The highest BCUT2D eigenvalue weighted by molar-refractivity contribution is 5.25. The van der Waals surface area contributed by atoms with E-state index in [2.05, 4.69) is 49.9 Å². The molecule has 1 atom stereocenters. The van der Waals surface area contributed by atoms with Gasteiger partial charge in [-0.3, -0.25) is 4.90 Å². The van der Waals surface area contributed by atoms with Gasteiger partial charge in [-0.2, -0.15) is 0 Å². The van der Waals surface area contributed by atoms with Crippen molar-refractivity contribution >= 4 is 0 Å². The van der Waals surface area contributed by atoms with Crippen LogP contribution in [0.2, 0.25) is 0 Å².